The Hall–Kier alpha value is -0.220. The SMILES string of the molecule is CCOC(=O)C1CCC(NC2CCCSC2)CC1. The van der Waals surface area contributed by atoms with Crippen LogP contribution in [0.3, 0.4) is 0 Å². The standard InChI is InChI=1S/C14H25NO2S/c1-2-17-14(16)11-5-7-12(8-6-11)15-13-4-3-9-18-10-13/h11-13,15H,2-10H2,1H3. The van der Waals surface area contributed by atoms with Gasteiger partial charge in [-0.15, -0.1) is 0 Å². The lowest BCUT2D eigenvalue weighted by Gasteiger charge is -2.32. The molecule has 0 aromatic rings. The van der Waals surface area contributed by atoms with E-state index in [0.29, 0.717) is 18.7 Å². The molecule has 2 fully saturated rings. The predicted molar refractivity (Wildman–Crippen MR) is 75.9 cm³/mol. The number of thioether (sulfide) groups is 1. The third-order valence-corrected chi connectivity index (χ3v) is 5.19. The smallest absolute Gasteiger partial charge is 0.308 e. The molecule has 0 aromatic heterocycles. The van der Waals surface area contributed by atoms with E-state index in [0.717, 1.165) is 25.7 Å². The molecular weight excluding hydrogens is 246 g/mol. The summed E-state index contributed by atoms with van der Waals surface area (Å²) >= 11 is 2.07. The summed E-state index contributed by atoms with van der Waals surface area (Å²) in [5.41, 5.74) is 0. The zero-order valence-corrected chi connectivity index (χ0v) is 12.1. The summed E-state index contributed by atoms with van der Waals surface area (Å²) in [6, 6.07) is 1.33. The zero-order chi connectivity index (χ0) is 12.8. The largest absolute Gasteiger partial charge is 0.466 e. The molecule has 0 aromatic carbocycles. The fourth-order valence-electron chi connectivity index (χ4n) is 2.96. The molecule has 1 saturated heterocycles. The second-order valence-electron chi connectivity index (χ2n) is 5.38. The first-order valence-electron chi connectivity index (χ1n) is 7.30. The van der Waals surface area contributed by atoms with Gasteiger partial charge in [-0.1, -0.05) is 0 Å². The molecular formula is C14H25NO2S. The summed E-state index contributed by atoms with van der Waals surface area (Å²) in [6.45, 7) is 2.39. The molecule has 0 amide bonds. The van der Waals surface area contributed by atoms with Gasteiger partial charge in [-0.3, -0.25) is 4.79 Å². The van der Waals surface area contributed by atoms with Gasteiger partial charge in [0.2, 0.25) is 0 Å². The van der Waals surface area contributed by atoms with Crippen LogP contribution in [0.5, 0.6) is 0 Å². The fourth-order valence-corrected chi connectivity index (χ4v) is 4.05. The maximum absolute atomic E-state index is 11.6. The third-order valence-electron chi connectivity index (χ3n) is 3.98. The number of ether oxygens (including phenoxy) is 1. The van der Waals surface area contributed by atoms with Gasteiger partial charge in [0.15, 0.2) is 0 Å². The number of nitrogens with one attached hydrogen (secondary N) is 1. The van der Waals surface area contributed by atoms with E-state index in [-0.39, 0.29) is 11.9 Å². The van der Waals surface area contributed by atoms with Gasteiger partial charge in [0.05, 0.1) is 12.5 Å². The Kier molecular flexibility index (Phi) is 5.83. The zero-order valence-electron chi connectivity index (χ0n) is 11.3. The molecule has 0 spiro atoms. The van der Waals surface area contributed by atoms with Crippen LogP contribution in [0, 0.1) is 5.92 Å². The molecule has 3 nitrogen and oxygen atoms in total. The van der Waals surface area contributed by atoms with E-state index in [1.54, 1.807) is 0 Å². The Labute approximate surface area is 114 Å². The maximum atomic E-state index is 11.6. The summed E-state index contributed by atoms with van der Waals surface area (Å²) in [4.78, 5) is 11.6. The quantitative estimate of drug-likeness (QED) is 0.798. The maximum Gasteiger partial charge on any atom is 0.308 e. The Balaban J connectivity index is 1.68. The van der Waals surface area contributed by atoms with E-state index in [1.165, 1.54) is 24.3 Å². The number of esters is 1. The van der Waals surface area contributed by atoms with Crippen LogP contribution < -0.4 is 5.32 Å². The molecule has 1 atom stereocenters. The van der Waals surface area contributed by atoms with E-state index in [4.69, 9.17) is 4.74 Å². The molecule has 18 heavy (non-hydrogen) atoms. The number of hydrogen-bond acceptors (Lipinski definition) is 4. The van der Waals surface area contributed by atoms with Crippen molar-refractivity contribution >= 4 is 17.7 Å². The van der Waals surface area contributed by atoms with Crippen LogP contribution in [0.15, 0.2) is 0 Å². The average molecular weight is 271 g/mol. The summed E-state index contributed by atoms with van der Waals surface area (Å²) in [6.07, 6.45) is 6.92. The Morgan fingerprint density at radius 1 is 1.22 bits per heavy atom. The van der Waals surface area contributed by atoms with Crippen LogP contribution >= 0.6 is 11.8 Å². The fraction of sp³-hybridized carbons (Fsp3) is 0.929. The van der Waals surface area contributed by atoms with E-state index >= 15 is 0 Å². The molecule has 1 heterocycles. The molecule has 0 radical (unpaired) electrons. The highest BCUT2D eigenvalue weighted by Crippen LogP contribution is 2.27. The van der Waals surface area contributed by atoms with Crippen molar-refractivity contribution in [1.29, 1.82) is 0 Å². The van der Waals surface area contributed by atoms with E-state index < -0.39 is 0 Å². The molecule has 1 saturated carbocycles. The highest BCUT2D eigenvalue weighted by atomic mass is 32.2. The molecule has 2 rings (SSSR count). The van der Waals surface area contributed by atoms with Gasteiger partial charge in [-0.25, -0.2) is 0 Å². The number of hydrogen-bond donors (Lipinski definition) is 1. The lowest BCUT2D eigenvalue weighted by atomic mass is 9.85. The molecule has 1 N–H and O–H groups in total. The third kappa shape index (κ3) is 4.16. The number of carbonyl (C=O) groups excluding carboxylic acids is 1. The first-order valence-corrected chi connectivity index (χ1v) is 8.45. The Morgan fingerprint density at radius 2 is 2.00 bits per heavy atom. The molecule has 2 aliphatic rings. The van der Waals surface area contributed by atoms with Crippen molar-refractivity contribution in [1.82, 2.24) is 5.32 Å². The lowest BCUT2D eigenvalue weighted by molar-refractivity contribution is -0.149. The molecule has 4 heteroatoms. The summed E-state index contributed by atoms with van der Waals surface area (Å²) in [5.74, 6) is 2.76. The summed E-state index contributed by atoms with van der Waals surface area (Å²) in [5, 5.41) is 3.78. The van der Waals surface area contributed by atoms with Crippen LogP contribution in [0.2, 0.25) is 0 Å². The number of rotatable bonds is 4. The van der Waals surface area contributed by atoms with Gasteiger partial charge < -0.3 is 10.1 Å². The van der Waals surface area contributed by atoms with Gasteiger partial charge in [0, 0.05) is 17.8 Å². The van der Waals surface area contributed by atoms with Gasteiger partial charge in [0.1, 0.15) is 0 Å². The molecule has 104 valence electrons. The molecule has 1 unspecified atom stereocenters. The normalized spacial score (nSPS) is 33.1. The topological polar surface area (TPSA) is 38.3 Å². The second-order valence-corrected chi connectivity index (χ2v) is 6.53. The van der Waals surface area contributed by atoms with Gasteiger partial charge in [-0.05, 0) is 51.2 Å². The minimum atomic E-state index is 0.0178. The highest BCUT2D eigenvalue weighted by molar-refractivity contribution is 7.99. The highest BCUT2D eigenvalue weighted by Gasteiger charge is 2.28. The van der Waals surface area contributed by atoms with Crippen molar-refractivity contribution in [2.24, 2.45) is 5.92 Å². The van der Waals surface area contributed by atoms with Crippen molar-refractivity contribution in [2.75, 3.05) is 18.1 Å². The van der Waals surface area contributed by atoms with Crippen LogP contribution in [-0.2, 0) is 9.53 Å². The van der Waals surface area contributed by atoms with Crippen molar-refractivity contribution in [2.45, 2.75) is 57.5 Å². The minimum absolute atomic E-state index is 0.0178. The first kappa shape index (κ1) is 14.2. The van der Waals surface area contributed by atoms with Crippen molar-refractivity contribution in [3.05, 3.63) is 0 Å². The van der Waals surface area contributed by atoms with Crippen LogP contribution in [0.1, 0.15) is 45.4 Å². The summed E-state index contributed by atoms with van der Waals surface area (Å²) in [7, 11) is 0. The molecule has 1 aliphatic heterocycles. The van der Waals surface area contributed by atoms with Crippen LogP contribution in [0.25, 0.3) is 0 Å². The predicted octanol–water partition coefficient (Wildman–Crippen LogP) is 2.59. The van der Waals surface area contributed by atoms with E-state index in [9.17, 15) is 4.79 Å². The van der Waals surface area contributed by atoms with Crippen LogP contribution in [0.4, 0.5) is 0 Å². The number of carbonyl (C=O) groups is 1. The first-order chi connectivity index (χ1) is 8.79. The van der Waals surface area contributed by atoms with Crippen molar-refractivity contribution in [3.63, 3.8) is 0 Å². The lowest BCUT2D eigenvalue weighted by Crippen LogP contribution is -2.43. The van der Waals surface area contributed by atoms with Crippen molar-refractivity contribution in [3.8, 4) is 0 Å². The van der Waals surface area contributed by atoms with E-state index in [1.807, 2.05) is 6.92 Å². The Bertz CT molecular complexity index is 259. The van der Waals surface area contributed by atoms with Crippen molar-refractivity contribution < 1.29 is 9.53 Å². The summed E-state index contributed by atoms with van der Waals surface area (Å²) < 4.78 is 5.10. The van der Waals surface area contributed by atoms with Gasteiger partial charge in [-0.2, -0.15) is 11.8 Å². The minimum Gasteiger partial charge on any atom is -0.466 e. The average Bonchev–Trinajstić information content (AvgIpc) is 2.41. The van der Waals surface area contributed by atoms with Crippen LogP contribution in [-0.4, -0.2) is 36.2 Å². The molecule has 1 aliphatic carbocycles. The monoisotopic (exact) mass is 271 g/mol. The van der Waals surface area contributed by atoms with Gasteiger partial charge >= 0.3 is 5.97 Å². The van der Waals surface area contributed by atoms with Gasteiger partial charge in [0.25, 0.3) is 0 Å². The molecule has 0 bridgehead atoms. The second kappa shape index (κ2) is 7.39. The Morgan fingerprint density at radius 3 is 2.61 bits per heavy atom. The van der Waals surface area contributed by atoms with E-state index in [2.05, 4.69) is 17.1 Å².